The Bertz CT molecular complexity index is 981. The van der Waals surface area contributed by atoms with Gasteiger partial charge in [0.1, 0.15) is 18.4 Å². The van der Waals surface area contributed by atoms with Crippen LogP contribution < -0.4 is 9.47 Å². The average Bonchev–Trinajstić information content (AvgIpc) is 3.22. The molecule has 1 fully saturated rings. The number of methoxy groups -OCH3 is 1. The number of ether oxygens (including phenoxy) is 3. The van der Waals surface area contributed by atoms with Crippen LogP contribution in [0.1, 0.15) is 44.1 Å². The fourth-order valence-electron chi connectivity index (χ4n) is 4.59. The van der Waals surface area contributed by atoms with Gasteiger partial charge in [0.25, 0.3) is 5.91 Å². The molecule has 1 amide bonds. The molecule has 33 heavy (non-hydrogen) atoms. The highest BCUT2D eigenvalue weighted by Crippen LogP contribution is 2.33. The quantitative estimate of drug-likeness (QED) is 0.511. The highest BCUT2D eigenvalue weighted by Gasteiger charge is 2.36. The highest BCUT2D eigenvalue weighted by molar-refractivity contribution is 5.94. The standard InChI is InChI=1S/C27H31NO5/c1-31-27(30)23(16-20-10-4-2-5-11-20)28-18-22(17-26(28)29)33-25-15-9-8-14-24(25)32-19-21-12-6-3-7-13-21/h3,6-9,12-15,17,20,23H,2,4-5,10-11,16,18-19H2,1H3. The van der Waals surface area contributed by atoms with Crippen LogP contribution >= 0.6 is 0 Å². The Balaban J connectivity index is 1.42. The van der Waals surface area contributed by atoms with Crippen LogP contribution in [0.5, 0.6) is 11.5 Å². The summed E-state index contributed by atoms with van der Waals surface area (Å²) in [4.78, 5) is 26.9. The molecule has 6 heteroatoms. The summed E-state index contributed by atoms with van der Waals surface area (Å²) in [5, 5.41) is 0. The molecule has 1 heterocycles. The van der Waals surface area contributed by atoms with E-state index in [1.54, 1.807) is 4.90 Å². The van der Waals surface area contributed by atoms with Crippen LogP contribution in [0.25, 0.3) is 0 Å². The molecule has 0 N–H and O–H groups in total. The molecule has 0 bridgehead atoms. The van der Waals surface area contributed by atoms with Crippen molar-refractivity contribution < 1.29 is 23.8 Å². The number of hydrogen-bond acceptors (Lipinski definition) is 5. The molecule has 174 valence electrons. The number of carbonyl (C=O) groups is 2. The number of hydrogen-bond donors (Lipinski definition) is 0. The van der Waals surface area contributed by atoms with Crippen LogP contribution in [0.3, 0.4) is 0 Å². The predicted octanol–water partition coefficient (Wildman–Crippen LogP) is 4.88. The van der Waals surface area contributed by atoms with Crippen molar-refractivity contribution in [3.63, 3.8) is 0 Å². The zero-order chi connectivity index (χ0) is 23.0. The molecular weight excluding hydrogens is 418 g/mol. The molecule has 1 aliphatic heterocycles. The molecule has 2 aromatic rings. The van der Waals surface area contributed by atoms with Crippen LogP contribution in [0, 0.1) is 5.92 Å². The average molecular weight is 450 g/mol. The molecule has 0 radical (unpaired) electrons. The summed E-state index contributed by atoms with van der Waals surface area (Å²) in [5.74, 6) is 1.48. The Hall–Kier alpha value is -3.28. The van der Waals surface area contributed by atoms with Crippen molar-refractivity contribution in [2.45, 2.75) is 51.2 Å². The monoisotopic (exact) mass is 449 g/mol. The van der Waals surface area contributed by atoms with Crippen molar-refractivity contribution in [3.05, 3.63) is 72.0 Å². The Labute approximate surface area is 195 Å². The van der Waals surface area contributed by atoms with Gasteiger partial charge in [0.05, 0.1) is 13.7 Å². The van der Waals surface area contributed by atoms with Gasteiger partial charge in [-0.3, -0.25) is 4.79 Å². The van der Waals surface area contributed by atoms with E-state index in [-0.39, 0.29) is 18.4 Å². The molecule has 2 aliphatic rings. The predicted molar refractivity (Wildman–Crippen MR) is 125 cm³/mol. The minimum absolute atomic E-state index is 0.223. The summed E-state index contributed by atoms with van der Waals surface area (Å²) in [6.45, 7) is 0.648. The van der Waals surface area contributed by atoms with Gasteiger partial charge in [-0.1, -0.05) is 74.6 Å². The number of para-hydroxylation sites is 2. The number of carbonyl (C=O) groups excluding carboxylic acids is 2. The third-order valence-electron chi connectivity index (χ3n) is 6.35. The Morgan fingerprint density at radius 2 is 1.70 bits per heavy atom. The van der Waals surface area contributed by atoms with Crippen LogP contribution in [-0.2, 0) is 20.9 Å². The molecule has 0 saturated heterocycles. The molecule has 0 spiro atoms. The molecule has 1 saturated carbocycles. The van der Waals surface area contributed by atoms with E-state index in [1.807, 2.05) is 54.6 Å². The van der Waals surface area contributed by atoms with E-state index in [0.29, 0.717) is 36.2 Å². The van der Waals surface area contributed by atoms with Crippen molar-refractivity contribution >= 4 is 11.9 Å². The van der Waals surface area contributed by atoms with Gasteiger partial charge in [-0.15, -0.1) is 0 Å². The summed E-state index contributed by atoms with van der Waals surface area (Å²) >= 11 is 0. The van der Waals surface area contributed by atoms with Crippen LogP contribution in [0.4, 0.5) is 0 Å². The minimum atomic E-state index is -0.590. The van der Waals surface area contributed by atoms with E-state index in [0.717, 1.165) is 18.4 Å². The smallest absolute Gasteiger partial charge is 0.328 e. The summed E-state index contributed by atoms with van der Waals surface area (Å²) in [5.41, 5.74) is 1.05. The molecule has 2 aromatic carbocycles. The molecule has 6 nitrogen and oxygen atoms in total. The number of nitrogens with zero attached hydrogens (tertiary/aromatic N) is 1. The summed E-state index contributed by atoms with van der Waals surface area (Å²) in [6, 6.07) is 16.7. The minimum Gasteiger partial charge on any atom is -0.485 e. The van der Waals surface area contributed by atoms with Gasteiger partial charge in [-0.2, -0.15) is 0 Å². The lowest BCUT2D eigenvalue weighted by atomic mass is 9.84. The lowest BCUT2D eigenvalue weighted by Gasteiger charge is -2.30. The van der Waals surface area contributed by atoms with Crippen molar-refractivity contribution in [1.82, 2.24) is 4.90 Å². The van der Waals surface area contributed by atoms with Gasteiger partial charge in [-0.25, -0.2) is 4.79 Å². The fourth-order valence-corrected chi connectivity index (χ4v) is 4.59. The summed E-state index contributed by atoms with van der Waals surface area (Å²) in [6.07, 6.45) is 7.89. The maximum Gasteiger partial charge on any atom is 0.328 e. The Morgan fingerprint density at radius 3 is 2.42 bits per heavy atom. The van der Waals surface area contributed by atoms with Gasteiger partial charge in [0, 0.05) is 6.08 Å². The molecular formula is C27H31NO5. The van der Waals surface area contributed by atoms with Crippen molar-refractivity contribution in [2.24, 2.45) is 5.92 Å². The number of benzene rings is 2. The van der Waals surface area contributed by atoms with Gasteiger partial charge < -0.3 is 19.1 Å². The second kappa shape index (κ2) is 11.0. The molecule has 1 aliphatic carbocycles. The maximum absolute atomic E-state index is 12.8. The van der Waals surface area contributed by atoms with E-state index in [2.05, 4.69) is 0 Å². The Morgan fingerprint density at radius 1 is 1.00 bits per heavy atom. The zero-order valence-electron chi connectivity index (χ0n) is 19.1. The maximum atomic E-state index is 12.8. The first-order chi connectivity index (χ1) is 16.1. The number of rotatable bonds is 9. The van der Waals surface area contributed by atoms with Gasteiger partial charge >= 0.3 is 5.97 Å². The highest BCUT2D eigenvalue weighted by atomic mass is 16.5. The largest absolute Gasteiger partial charge is 0.485 e. The number of amides is 1. The van der Waals surface area contributed by atoms with Crippen LogP contribution in [0.2, 0.25) is 0 Å². The second-order valence-electron chi connectivity index (χ2n) is 8.68. The van der Waals surface area contributed by atoms with Crippen molar-refractivity contribution in [1.29, 1.82) is 0 Å². The molecule has 1 unspecified atom stereocenters. The van der Waals surface area contributed by atoms with E-state index in [1.165, 1.54) is 32.4 Å². The third-order valence-corrected chi connectivity index (χ3v) is 6.35. The van der Waals surface area contributed by atoms with E-state index in [9.17, 15) is 9.59 Å². The van der Waals surface area contributed by atoms with Gasteiger partial charge in [0.2, 0.25) is 0 Å². The van der Waals surface area contributed by atoms with Gasteiger partial charge in [0.15, 0.2) is 11.5 Å². The van der Waals surface area contributed by atoms with E-state index >= 15 is 0 Å². The third kappa shape index (κ3) is 5.95. The van der Waals surface area contributed by atoms with E-state index < -0.39 is 6.04 Å². The number of esters is 1. The van der Waals surface area contributed by atoms with Gasteiger partial charge in [-0.05, 0) is 30.0 Å². The normalized spacial score (nSPS) is 17.4. The summed E-state index contributed by atoms with van der Waals surface area (Å²) < 4.78 is 17.1. The second-order valence-corrected chi connectivity index (χ2v) is 8.68. The first-order valence-corrected chi connectivity index (χ1v) is 11.7. The van der Waals surface area contributed by atoms with Crippen molar-refractivity contribution in [3.8, 4) is 11.5 Å². The topological polar surface area (TPSA) is 65.1 Å². The van der Waals surface area contributed by atoms with E-state index in [4.69, 9.17) is 14.2 Å². The molecule has 0 aromatic heterocycles. The zero-order valence-corrected chi connectivity index (χ0v) is 19.1. The first kappa shape index (κ1) is 22.9. The van der Waals surface area contributed by atoms with Crippen LogP contribution in [0.15, 0.2) is 66.4 Å². The van der Waals surface area contributed by atoms with Crippen LogP contribution in [-0.4, -0.2) is 36.5 Å². The molecule has 1 atom stereocenters. The molecule has 4 rings (SSSR count). The SMILES string of the molecule is COC(=O)C(CC1CCCCC1)N1CC(Oc2ccccc2OCc2ccccc2)=CC1=O. The lowest BCUT2D eigenvalue weighted by Crippen LogP contribution is -2.44. The first-order valence-electron chi connectivity index (χ1n) is 11.7. The van der Waals surface area contributed by atoms with Crippen molar-refractivity contribution in [2.75, 3.05) is 13.7 Å². The Kier molecular flexibility index (Phi) is 7.66. The fraction of sp³-hybridized carbons (Fsp3) is 0.407. The summed E-state index contributed by atoms with van der Waals surface area (Å²) in [7, 11) is 1.38. The lowest BCUT2D eigenvalue weighted by molar-refractivity contribution is -0.151.